The van der Waals surface area contributed by atoms with Gasteiger partial charge in [-0.25, -0.2) is 10.2 Å². The number of nitrogens with zero attached hydrogens (tertiary/aromatic N) is 1. The van der Waals surface area contributed by atoms with Gasteiger partial charge >= 0.3 is 5.97 Å². The van der Waals surface area contributed by atoms with Crippen LogP contribution in [-0.4, -0.2) is 30.8 Å². The van der Waals surface area contributed by atoms with Crippen LogP contribution in [0.3, 0.4) is 0 Å². The first-order valence-electron chi connectivity index (χ1n) is 9.90. The number of fused-ring (bicyclic) bond motifs is 1. The maximum atomic E-state index is 12.6. The number of nitrogens with one attached hydrogen (secondary N) is 1. The quantitative estimate of drug-likeness (QED) is 0.200. The number of carbonyl (C=O) groups is 2. The van der Waals surface area contributed by atoms with Gasteiger partial charge in [-0.15, -0.1) is 0 Å². The topological polar surface area (TPSA) is 86.2 Å². The monoisotopic (exact) mass is 572 g/mol. The zero-order valence-electron chi connectivity index (χ0n) is 17.4. The van der Waals surface area contributed by atoms with Gasteiger partial charge in [-0.3, -0.25) is 4.79 Å². The number of halogens is 2. The molecule has 0 bridgehead atoms. The summed E-state index contributed by atoms with van der Waals surface area (Å²) in [6.07, 6.45) is 0.550. The Morgan fingerprint density at radius 2 is 1.88 bits per heavy atom. The van der Waals surface area contributed by atoms with Crippen LogP contribution in [0.4, 0.5) is 0 Å². The molecule has 0 unspecified atom stereocenters. The van der Waals surface area contributed by atoms with E-state index in [4.69, 9.17) is 14.2 Å². The summed E-state index contributed by atoms with van der Waals surface area (Å²) >= 11 is 6.83. The Morgan fingerprint density at radius 1 is 1.09 bits per heavy atom. The second-order valence-corrected chi connectivity index (χ2v) is 8.93. The van der Waals surface area contributed by atoms with E-state index in [0.717, 1.165) is 10.0 Å². The fourth-order valence-corrected chi connectivity index (χ4v) is 4.43. The molecule has 168 valence electrons. The van der Waals surface area contributed by atoms with Gasteiger partial charge in [0.05, 0.1) is 16.3 Å². The number of aryl methyl sites for hydroxylation is 1. The molecule has 0 radical (unpaired) electrons. The van der Waals surface area contributed by atoms with E-state index in [0.29, 0.717) is 27.1 Å². The van der Waals surface area contributed by atoms with Crippen LogP contribution in [0, 0.1) is 6.92 Å². The molecule has 9 heteroatoms. The molecule has 1 aliphatic heterocycles. The van der Waals surface area contributed by atoms with Gasteiger partial charge < -0.3 is 14.2 Å². The van der Waals surface area contributed by atoms with Crippen molar-refractivity contribution < 1.29 is 23.8 Å². The minimum atomic E-state index is -0.843. The van der Waals surface area contributed by atoms with Crippen LogP contribution < -0.4 is 19.6 Å². The molecule has 1 aliphatic rings. The largest absolute Gasteiger partial charge is 0.485 e. The molecule has 0 fully saturated rings. The van der Waals surface area contributed by atoms with Crippen LogP contribution in [0.25, 0.3) is 0 Å². The van der Waals surface area contributed by atoms with Crippen molar-refractivity contribution in [1.29, 1.82) is 0 Å². The molecule has 1 atom stereocenters. The third kappa shape index (κ3) is 5.61. The number of ether oxygens (including phenoxy) is 3. The Kier molecular flexibility index (Phi) is 7.10. The predicted molar refractivity (Wildman–Crippen MR) is 130 cm³/mol. The molecule has 1 N–H and O–H groups in total. The van der Waals surface area contributed by atoms with Gasteiger partial charge in [-0.2, -0.15) is 5.10 Å². The molecule has 1 amide bonds. The number of carbonyl (C=O) groups excluding carboxylic acids is 2. The summed E-state index contributed by atoms with van der Waals surface area (Å²) in [6.45, 7) is 1.97. The van der Waals surface area contributed by atoms with Crippen molar-refractivity contribution in [3.05, 3.63) is 86.3 Å². The molecule has 1 heterocycles. The van der Waals surface area contributed by atoms with Crippen molar-refractivity contribution in [2.75, 3.05) is 6.61 Å². The lowest BCUT2D eigenvalue weighted by Crippen LogP contribution is -2.42. The highest BCUT2D eigenvalue weighted by molar-refractivity contribution is 9.11. The van der Waals surface area contributed by atoms with E-state index in [-0.39, 0.29) is 12.4 Å². The highest BCUT2D eigenvalue weighted by atomic mass is 79.9. The fraction of sp³-hybridized carbons (Fsp3) is 0.125. The summed E-state index contributed by atoms with van der Waals surface area (Å²) in [5.41, 5.74) is 4.29. The van der Waals surface area contributed by atoms with Crippen LogP contribution in [0.15, 0.2) is 74.7 Å². The van der Waals surface area contributed by atoms with Crippen LogP contribution in [0.2, 0.25) is 0 Å². The molecular formula is C24H18Br2N2O5. The van der Waals surface area contributed by atoms with Crippen LogP contribution >= 0.6 is 31.9 Å². The molecule has 33 heavy (non-hydrogen) atoms. The van der Waals surface area contributed by atoms with E-state index < -0.39 is 18.0 Å². The molecule has 0 saturated carbocycles. The van der Waals surface area contributed by atoms with Crippen LogP contribution in [0.1, 0.15) is 21.5 Å². The van der Waals surface area contributed by atoms with E-state index in [2.05, 4.69) is 42.4 Å². The second-order valence-electron chi connectivity index (χ2n) is 7.16. The van der Waals surface area contributed by atoms with Gasteiger partial charge in [0.15, 0.2) is 17.2 Å². The fourth-order valence-electron chi connectivity index (χ4n) is 3.09. The number of para-hydroxylation sites is 2. The summed E-state index contributed by atoms with van der Waals surface area (Å²) in [5, 5.41) is 4.02. The number of amides is 1. The molecule has 3 aromatic carbocycles. The number of hydrogen-bond donors (Lipinski definition) is 1. The van der Waals surface area contributed by atoms with Gasteiger partial charge in [0.1, 0.15) is 6.61 Å². The summed E-state index contributed by atoms with van der Waals surface area (Å²) in [4.78, 5) is 25.1. The average molecular weight is 574 g/mol. The number of rotatable bonds is 5. The van der Waals surface area contributed by atoms with Gasteiger partial charge in [-0.05, 0) is 59.3 Å². The van der Waals surface area contributed by atoms with E-state index in [1.807, 2.05) is 19.1 Å². The zero-order valence-corrected chi connectivity index (χ0v) is 20.6. The standard InChI is InChI=1S/C24H18Br2N2O5/c1-14-5-4-6-15(9-14)24(30)33-22-16(10-17(25)11-18(22)26)12-27-28-23(29)21-13-31-19-7-2-3-8-20(19)32-21/h2-12,21H,13H2,1H3,(H,28,29)/b27-12-/t21-/m1/s1. The van der Waals surface area contributed by atoms with Gasteiger partial charge in [0.2, 0.25) is 6.10 Å². The lowest BCUT2D eigenvalue weighted by atomic mass is 10.1. The first kappa shape index (κ1) is 23.0. The van der Waals surface area contributed by atoms with Crippen molar-refractivity contribution in [2.24, 2.45) is 5.10 Å². The molecule has 0 spiro atoms. The smallest absolute Gasteiger partial charge is 0.343 e. The van der Waals surface area contributed by atoms with Crippen molar-refractivity contribution in [3.63, 3.8) is 0 Å². The first-order valence-corrected chi connectivity index (χ1v) is 11.5. The minimum absolute atomic E-state index is 0.0696. The average Bonchev–Trinajstić information content (AvgIpc) is 2.80. The molecule has 3 aromatic rings. The van der Waals surface area contributed by atoms with Crippen LogP contribution in [0.5, 0.6) is 17.2 Å². The highest BCUT2D eigenvalue weighted by Crippen LogP contribution is 2.33. The highest BCUT2D eigenvalue weighted by Gasteiger charge is 2.27. The summed E-state index contributed by atoms with van der Waals surface area (Å²) in [7, 11) is 0. The van der Waals surface area contributed by atoms with Gasteiger partial charge in [0, 0.05) is 10.0 Å². The van der Waals surface area contributed by atoms with Crippen molar-refractivity contribution in [3.8, 4) is 17.2 Å². The Labute approximate surface area is 207 Å². The first-order chi connectivity index (χ1) is 15.9. The molecular weight excluding hydrogens is 556 g/mol. The molecule has 0 aromatic heterocycles. The number of esters is 1. The Balaban J connectivity index is 1.47. The summed E-state index contributed by atoms with van der Waals surface area (Å²) < 4.78 is 18.1. The maximum Gasteiger partial charge on any atom is 0.343 e. The van der Waals surface area contributed by atoms with E-state index in [1.54, 1.807) is 48.5 Å². The normalized spacial score (nSPS) is 14.7. The maximum absolute atomic E-state index is 12.6. The predicted octanol–water partition coefficient (Wildman–Crippen LogP) is 5.03. The number of hydrazone groups is 1. The summed E-state index contributed by atoms with van der Waals surface area (Å²) in [5.74, 6) is 0.382. The Bertz CT molecular complexity index is 1250. The van der Waals surface area contributed by atoms with E-state index in [1.165, 1.54) is 6.21 Å². The molecule has 7 nitrogen and oxygen atoms in total. The van der Waals surface area contributed by atoms with Gasteiger partial charge in [0.25, 0.3) is 5.91 Å². The number of hydrogen-bond acceptors (Lipinski definition) is 6. The van der Waals surface area contributed by atoms with Crippen molar-refractivity contribution in [1.82, 2.24) is 5.43 Å². The van der Waals surface area contributed by atoms with Crippen molar-refractivity contribution in [2.45, 2.75) is 13.0 Å². The molecule has 4 rings (SSSR count). The van der Waals surface area contributed by atoms with E-state index in [9.17, 15) is 9.59 Å². The number of benzene rings is 3. The van der Waals surface area contributed by atoms with E-state index >= 15 is 0 Å². The van der Waals surface area contributed by atoms with Crippen LogP contribution in [-0.2, 0) is 4.79 Å². The summed E-state index contributed by atoms with van der Waals surface area (Å²) in [6, 6.07) is 17.7. The zero-order chi connectivity index (χ0) is 23.4. The van der Waals surface area contributed by atoms with Crippen molar-refractivity contribution >= 4 is 50.0 Å². The third-order valence-electron chi connectivity index (χ3n) is 4.67. The Morgan fingerprint density at radius 3 is 2.67 bits per heavy atom. The SMILES string of the molecule is Cc1cccc(C(=O)Oc2c(Br)cc(Br)cc2/C=N\NC(=O)[C@H]2COc3ccccc3O2)c1. The Hall–Kier alpha value is -3.17. The lowest BCUT2D eigenvalue weighted by molar-refractivity contribution is -0.130. The minimum Gasteiger partial charge on any atom is -0.485 e. The lowest BCUT2D eigenvalue weighted by Gasteiger charge is -2.24. The molecule has 0 saturated heterocycles. The second kappa shape index (κ2) is 10.2. The third-order valence-corrected chi connectivity index (χ3v) is 5.71. The molecule has 0 aliphatic carbocycles. The van der Waals surface area contributed by atoms with Gasteiger partial charge in [-0.1, -0.05) is 45.8 Å².